The monoisotopic (exact) mass is 334 g/mol. The number of nitrogen functional groups attached to an aromatic ring is 1. The molecule has 0 atom stereocenters. The summed E-state index contributed by atoms with van der Waals surface area (Å²) in [4.78, 5) is 4.37. The molecular formula is C15H12Cl2N4O. The van der Waals surface area contributed by atoms with Crippen LogP contribution in [0.3, 0.4) is 0 Å². The van der Waals surface area contributed by atoms with Gasteiger partial charge in [-0.05, 0) is 42.5 Å². The molecule has 0 saturated carbocycles. The maximum absolute atomic E-state index is 6.09. The smallest absolute Gasteiger partial charge is 0.336 e. The minimum atomic E-state index is 0.262. The largest absolute Gasteiger partial charge is 0.466 e. The SMILES string of the molecule is COc1nc(-c2ccc(Cl)c(Cl)c2)n(-c2ccc(N)cc2)n1. The van der Waals surface area contributed by atoms with Crippen LogP contribution >= 0.6 is 23.2 Å². The molecule has 0 saturated heterocycles. The lowest BCUT2D eigenvalue weighted by Crippen LogP contribution is -2.00. The van der Waals surface area contributed by atoms with Gasteiger partial charge < -0.3 is 10.5 Å². The number of methoxy groups -OCH3 is 1. The van der Waals surface area contributed by atoms with E-state index in [1.807, 2.05) is 18.2 Å². The number of nitrogens with two attached hydrogens (primary N) is 1. The quantitative estimate of drug-likeness (QED) is 0.739. The molecule has 112 valence electrons. The molecule has 0 aliphatic carbocycles. The van der Waals surface area contributed by atoms with Crippen molar-refractivity contribution in [2.45, 2.75) is 0 Å². The van der Waals surface area contributed by atoms with E-state index in [9.17, 15) is 0 Å². The van der Waals surface area contributed by atoms with E-state index < -0.39 is 0 Å². The molecule has 0 unspecified atom stereocenters. The van der Waals surface area contributed by atoms with E-state index in [0.29, 0.717) is 21.6 Å². The molecular weight excluding hydrogens is 323 g/mol. The zero-order valence-electron chi connectivity index (χ0n) is 11.6. The van der Waals surface area contributed by atoms with Gasteiger partial charge in [-0.25, -0.2) is 4.68 Å². The highest BCUT2D eigenvalue weighted by molar-refractivity contribution is 6.42. The Morgan fingerprint density at radius 1 is 1.05 bits per heavy atom. The summed E-state index contributed by atoms with van der Waals surface area (Å²) in [6.07, 6.45) is 0. The Labute approximate surface area is 137 Å². The Morgan fingerprint density at radius 2 is 1.77 bits per heavy atom. The van der Waals surface area contributed by atoms with E-state index in [4.69, 9.17) is 33.7 Å². The molecule has 1 aromatic heterocycles. The van der Waals surface area contributed by atoms with Gasteiger partial charge in [0.2, 0.25) is 0 Å². The summed E-state index contributed by atoms with van der Waals surface area (Å²) in [6, 6.07) is 12.8. The second kappa shape index (κ2) is 5.87. The summed E-state index contributed by atoms with van der Waals surface area (Å²) < 4.78 is 6.79. The number of halogens is 2. The van der Waals surface area contributed by atoms with Crippen molar-refractivity contribution in [1.82, 2.24) is 14.8 Å². The third-order valence-corrected chi connectivity index (χ3v) is 3.82. The molecule has 0 radical (unpaired) electrons. The predicted octanol–water partition coefficient (Wildman–Crippen LogP) is 3.83. The number of ether oxygens (including phenoxy) is 1. The van der Waals surface area contributed by atoms with Crippen LogP contribution in [0.1, 0.15) is 0 Å². The Bertz CT molecular complexity index is 815. The lowest BCUT2D eigenvalue weighted by Gasteiger charge is -2.07. The number of nitrogens with zero attached hydrogens (tertiary/aromatic N) is 3. The summed E-state index contributed by atoms with van der Waals surface area (Å²) >= 11 is 12.0. The van der Waals surface area contributed by atoms with Gasteiger partial charge in [0.25, 0.3) is 0 Å². The van der Waals surface area contributed by atoms with Crippen LogP contribution in [-0.4, -0.2) is 21.9 Å². The number of hydrogen-bond donors (Lipinski definition) is 1. The Kier molecular flexibility index (Phi) is 3.92. The van der Waals surface area contributed by atoms with Crippen LogP contribution in [0.25, 0.3) is 17.1 Å². The molecule has 22 heavy (non-hydrogen) atoms. The van der Waals surface area contributed by atoms with Crippen molar-refractivity contribution in [2.75, 3.05) is 12.8 Å². The molecule has 5 nitrogen and oxygen atoms in total. The molecule has 7 heteroatoms. The van der Waals surface area contributed by atoms with Gasteiger partial charge in [-0.3, -0.25) is 0 Å². The van der Waals surface area contributed by atoms with Crippen molar-refractivity contribution in [3.63, 3.8) is 0 Å². The molecule has 0 aliphatic heterocycles. The number of benzene rings is 2. The topological polar surface area (TPSA) is 66.0 Å². The molecule has 0 aliphatic rings. The zero-order chi connectivity index (χ0) is 15.7. The molecule has 0 bridgehead atoms. The van der Waals surface area contributed by atoms with Gasteiger partial charge in [0.05, 0.1) is 22.8 Å². The average Bonchev–Trinajstić information content (AvgIpc) is 2.95. The maximum Gasteiger partial charge on any atom is 0.336 e. The van der Waals surface area contributed by atoms with Gasteiger partial charge in [0.15, 0.2) is 5.82 Å². The third kappa shape index (κ3) is 2.73. The van der Waals surface area contributed by atoms with Crippen molar-refractivity contribution < 1.29 is 4.74 Å². The molecule has 0 fully saturated rings. The van der Waals surface area contributed by atoms with Crippen molar-refractivity contribution in [2.24, 2.45) is 0 Å². The van der Waals surface area contributed by atoms with Crippen molar-refractivity contribution in [1.29, 1.82) is 0 Å². The zero-order valence-corrected chi connectivity index (χ0v) is 13.1. The standard InChI is InChI=1S/C15H12Cl2N4O/c1-22-15-19-14(9-2-7-12(16)13(17)8-9)21(20-15)11-5-3-10(18)4-6-11/h2-8H,18H2,1H3. The summed E-state index contributed by atoms with van der Waals surface area (Å²) in [5.74, 6) is 0.597. The first-order chi connectivity index (χ1) is 10.6. The summed E-state index contributed by atoms with van der Waals surface area (Å²) in [7, 11) is 1.52. The molecule has 0 amide bonds. The van der Waals surface area contributed by atoms with Crippen LogP contribution in [0.2, 0.25) is 10.0 Å². The van der Waals surface area contributed by atoms with Gasteiger partial charge in [0, 0.05) is 11.3 Å². The van der Waals surface area contributed by atoms with Gasteiger partial charge in [0.1, 0.15) is 0 Å². The average molecular weight is 335 g/mol. The lowest BCUT2D eigenvalue weighted by molar-refractivity contribution is 0.380. The molecule has 2 aromatic carbocycles. The van der Waals surface area contributed by atoms with Crippen molar-refractivity contribution in [3.05, 3.63) is 52.5 Å². The third-order valence-electron chi connectivity index (χ3n) is 3.09. The summed E-state index contributed by atoms with van der Waals surface area (Å²) in [5.41, 5.74) is 7.98. The fourth-order valence-electron chi connectivity index (χ4n) is 2.00. The van der Waals surface area contributed by atoms with Gasteiger partial charge in [-0.1, -0.05) is 23.2 Å². The Hall–Kier alpha value is -2.24. The van der Waals surface area contributed by atoms with Crippen LogP contribution in [0.15, 0.2) is 42.5 Å². The first-order valence-electron chi connectivity index (χ1n) is 6.41. The fraction of sp³-hybridized carbons (Fsp3) is 0.0667. The number of anilines is 1. The minimum Gasteiger partial charge on any atom is -0.466 e. The van der Waals surface area contributed by atoms with Gasteiger partial charge >= 0.3 is 6.01 Å². The molecule has 2 N–H and O–H groups in total. The van der Waals surface area contributed by atoms with Crippen molar-refractivity contribution >= 4 is 28.9 Å². The van der Waals surface area contributed by atoms with E-state index in [0.717, 1.165) is 11.3 Å². The van der Waals surface area contributed by atoms with Gasteiger partial charge in [-0.15, -0.1) is 5.10 Å². The van der Waals surface area contributed by atoms with E-state index in [1.165, 1.54) is 7.11 Å². The number of aromatic nitrogens is 3. The Morgan fingerprint density at radius 3 is 2.41 bits per heavy atom. The molecule has 1 heterocycles. The molecule has 3 aromatic rings. The Balaban J connectivity index is 2.16. The van der Waals surface area contributed by atoms with Gasteiger partial charge in [-0.2, -0.15) is 4.98 Å². The van der Waals surface area contributed by atoms with Crippen LogP contribution in [0.5, 0.6) is 6.01 Å². The molecule has 3 rings (SSSR count). The highest BCUT2D eigenvalue weighted by Gasteiger charge is 2.15. The van der Waals surface area contributed by atoms with Crippen LogP contribution in [-0.2, 0) is 0 Å². The fourth-order valence-corrected chi connectivity index (χ4v) is 2.30. The minimum absolute atomic E-state index is 0.262. The number of hydrogen-bond acceptors (Lipinski definition) is 4. The van der Waals surface area contributed by atoms with Crippen LogP contribution in [0, 0.1) is 0 Å². The van der Waals surface area contributed by atoms with Crippen molar-refractivity contribution in [3.8, 4) is 23.1 Å². The van der Waals surface area contributed by atoms with Crippen LogP contribution in [0.4, 0.5) is 5.69 Å². The van der Waals surface area contributed by atoms with E-state index in [1.54, 1.807) is 28.9 Å². The maximum atomic E-state index is 6.09. The number of rotatable bonds is 3. The van der Waals surface area contributed by atoms with Crippen LogP contribution < -0.4 is 10.5 Å². The predicted molar refractivity (Wildman–Crippen MR) is 87.8 cm³/mol. The molecule has 0 spiro atoms. The second-order valence-corrected chi connectivity index (χ2v) is 5.37. The summed E-state index contributed by atoms with van der Waals surface area (Å²) in [5, 5.41) is 5.25. The second-order valence-electron chi connectivity index (χ2n) is 4.55. The first-order valence-corrected chi connectivity index (χ1v) is 7.16. The van der Waals surface area contributed by atoms with E-state index in [2.05, 4.69) is 10.1 Å². The van der Waals surface area contributed by atoms with E-state index in [-0.39, 0.29) is 6.01 Å². The normalized spacial score (nSPS) is 10.7. The van der Waals surface area contributed by atoms with E-state index >= 15 is 0 Å². The summed E-state index contributed by atoms with van der Waals surface area (Å²) in [6.45, 7) is 0. The lowest BCUT2D eigenvalue weighted by atomic mass is 10.2. The first kappa shape index (κ1) is 14.7. The highest BCUT2D eigenvalue weighted by Crippen LogP contribution is 2.29. The highest BCUT2D eigenvalue weighted by atomic mass is 35.5.